The van der Waals surface area contributed by atoms with Gasteiger partial charge in [-0.3, -0.25) is 4.79 Å². The zero-order chi connectivity index (χ0) is 21.9. The highest BCUT2D eigenvalue weighted by atomic mass is 32.1. The van der Waals surface area contributed by atoms with Gasteiger partial charge in [-0.1, -0.05) is 31.2 Å². The average molecular weight is 435 g/mol. The van der Waals surface area contributed by atoms with Crippen molar-refractivity contribution >= 4 is 17.3 Å². The van der Waals surface area contributed by atoms with Crippen molar-refractivity contribution in [3.05, 3.63) is 70.2 Å². The predicted octanol–water partition coefficient (Wildman–Crippen LogP) is 5.95. The van der Waals surface area contributed by atoms with Gasteiger partial charge in [0, 0.05) is 16.4 Å². The molecule has 0 saturated carbocycles. The minimum absolute atomic E-state index is 0.0485. The molecule has 0 saturated heterocycles. The first kappa shape index (κ1) is 21.8. The normalized spacial score (nSPS) is 12.6. The first-order valence-electron chi connectivity index (χ1n) is 9.22. The van der Waals surface area contributed by atoms with E-state index in [0.29, 0.717) is 28.5 Å². The van der Waals surface area contributed by atoms with Crippen LogP contribution in [0, 0.1) is 6.92 Å². The van der Waals surface area contributed by atoms with Gasteiger partial charge in [0.05, 0.1) is 24.3 Å². The number of carbonyl (C=O) groups is 1. The summed E-state index contributed by atoms with van der Waals surface area (Å²) in [6.07, 6.45) is -4.44. The van der Waals surface area contributed by atoms with E-state index in [1.807, 2.05) is 13.8 Å². The third kappa shape index (κ3) is 5.38. The Morgan fingerprint density at radius 2 is 1.90 bits per heavy atom. The van der Waals surface area contributed by atoms with Crippen LogP contribution in [0.4, 0.5) is 13.2 Å². The molecule has 0 aliphatic rings. The van der Waals surface area contributed by atoms with E-state index in [0.717, 1.165) is 22.7 Å². The first-order chi connectivity index (χ1) is 14.1. The van der Waals surface area contributed by atoms with E-state index < -0.39 is 17.7 Å². The number of thiazole rings is 1. The summed E-state index contributed by atoms with van der Waals surface area (Å²) in [5.74, 6) is -0.376. The van der Waals surface area contributed by atoms with Crippen LogP contribution in [0.15, 0.2) is 48.5 Å². The number of nitrogens with zero attached hydrogens (tertiary/aromatic N) is 1. The van der Waals surface area contributed by atoms with Gasteiger partial charge in [-0.2, -0.15) is 13.2 Å². The van der Waals surface area contributed by atoms with Gasteiger partial charge >= 0.3 is 12.1 Å². The van der Waals surface area contributed by atoms with Gasteiger partial charge in [0.25, 0.3) is 0 Å². The van der Waals surface area contributed by atoms with Crippen LogP contribution in [0.5, 0.6) is 5.75 Å². The lowest BCUT2D eigenvalue weighted by Gasteiger charge is -2.13. The number of hydrogen-bond donors (Lipinski definition) is 1. The molecule has 1 heterocycles. The van der Waals surface area contributed by atoms with E-state index >= 15 is 0 Å². The lowest BCUT2D eigenvalue weighted by atomic mass is 10.1. The van der Waals surface area contributed by atoms with Crippen LogP contribution in [0.25, 0.3) is 10.6 Å². The number of aromatic nitrogens is 1. The molecule has 2 aromatic carbocycles. The van der Waals surface area contributed by atoms with Crippen LogP contribution in [0.2, 0.25) is 0 Å². The Balaban J connectivity index is 1.70. The Kier molecular flexibility index (Phi) is 6.45. The molecule has 0 bridgehead atoms. The quantitative estimate of drug-likeness (QED) is 0.498. The monoisotopic (exact) mass is 435 g/mol. The highest BCUT2D eigenvalue weighted by Gasteiger charge is 2.30. The molecule has 0 radical (unpaired) electrons. The van der Waals surface area contributed by atoms with Crippen LogP contribution >= 0.6 is 11.3 Å². The molecular formula is C22H20F3NO3S. The summed E-state index contributed by atoms with van der Waals surface area (Å²) in [6, 6.07) is 11.9. The molecule has 3 rings (SSSR count). The van der Waals surface area contributed by atoms with Gasteiger partial charge in [-0.25, -0.2) is 4.98 Å². The molecular weight excluding hydrogens is 415 g/mol. The van der Waals surface area contributed by atoms with E-state index in [-0.39, 0.29) is 12.3 Å². The maximum atomic E-state index is 12.8. The van der Waals surface area contributed by atoms with Crippen molar-refractivity contribution in [1.29, 1.82) is 0 Å². The molecule has 158 valence electrons. The Morgan fingerprint density at radius 1 is 1.20 bits per heavy atom. The maximum Gasteiger partial charge on any atom is 0.416 e. The summed E-state index contributed by atoms with van der Waals surface area (Å²) in [4.78, 5) is 16.4. The lowest BCUT2D eigenvalue weighted by Crippen LogP contribution is -2.09. The van der Waals surface area contributed by atoms with Crippen molar-refractivity contribution in [1.82, 2.24) is 4.98 Å². The zero-order valence-corrected chi connectivity index (χ0v) is 17.2. The van der Waals surface area contributed by atoms with Gasteiger partial charge in [0.1, 0.15) is 10.8 Å². The molecule has 0 aliphatic heterocycles. The van der Waals surface area contributed by atoms with E-state index in [4.69, 9.17) is 9.84 Å². The summed E-state index contributed by atoms with van der Waals surface area (Å²) in [7, 11) is 0. The van der Waals surface area contributed by atoms with Crippen LogP contribution in [0.1, 0.15) is 34.5 Å². The number of alkyl halides is 3. The Bertz CT molecular complexity index is 1030. The summed E-state index contributed by atoms with van der Waals surface area (Å²) < 4.78 is 44.1. The summed E-state index contributed by atoms with van der Waals surface area (Å²) >= 11 is 1.43. The van der Waals surface area contributed by atoms with E-state index in [9.17, 15) is 18.0 Å². The lowest BCUT2D eigenvalue weighted by molar-refractivity contribution is -0.138. The van der Waals surface area contributed by atoms with Crippen molar-refractivity contribution in [2.75, 3.05) is 6.61 Å². The highest BCUT2D eigenvalue weighted by molar-refractivity contribution is 7.15. The predicted molar refractivity (Wildman–Crippen MR) is 109 cm³/mol. The SMILES string of the molecule is Cc1sc(-c2ccc(C(F)(F)F)cc2)nc1C(C)COc1cccc(CC(=O)O)c1. The second-order valence-electron chi connectivity index (χ2n) is 6.97. The molecule has 0 amide bonds. The fourth-order valence-corrected chi connectivity index (χ4v) is 4.05. The van der Waals surface area contributed by atoms with Gasteiger partial charge in [0.15, 0.2) is 0 Å². The van der Waals surface area contributed by atoms with Crippen molar-refractivity contribution in [2.45, 2.75) is 32.4 Å². The van der Waals surface area contributed by atoms with E-state index in [1.165, 1.54) is 23.5 Å². The zero-order valence-electron chi connectivity index (χ0n) is 16.4. The van der Waals surface area contributed by atoms with Crippen molar-refractivity contribution < 1.29 is 27.8 Å². The van der Waals surface area contributed by atoms with Gasteiger partial charge in [-0.05, 0) is 36.8 Å². The van der Waals surface area contributed by atoms with Gasteiger partial charge in [-0.15, -0.1) is 11.3 Å². The standard InChI is InChI=1S/C22H20F3NO3S/c1-13(12-29-18-5-3-4-15(10-18)11-19(27)28)20-14(2)30-21(26-20)16-6-8-17(9-7-16)22(23,24)25/h3-10,13H,11-12H2,1-2H3,(H,27,28). The number of ether oxygens (including phenoxy) is 1. The molecule has 30 heavy (non-hydrogen) atoms. The Hall–Kier alpha value is -2.87. The molecule has 4 nitrogen and oxygen atoms in total. The number of carboxylic acid groups (broad SMARTS) is 1. The van der Waals surface area contributed by atoms with Crippen LogP contribution in [0.3, 0.4) is 0 Å². The molecule has 1 unspecified atom stereocenters. The number of halogens is 3. The topological polar surface area (TPSA) is 59.4 Å². The van der Waals surface area contributed by atoms with Crippen LogP contribution < -0.4 is 4.74 Å². The molecule has 1 aromatic heterocycles. The van der Waals surface area contributed by atoms with Crippen molar-refractivity contribution in [3.63, 3.8) is 0 Å². The third-order valence-corrected chi connectivity index (χ3v) is 5.55. The molecule has 3 aromatic rings. The Labute approximate surface area is 176 Å². The smallest absolute Gasteiger partial charge is 0.416 e. The fourth-order valence-electron chi connectivity index (χ4n) is 3.01. The van der Waals surface area contributed by atoms with Crippen molar-refractivity contribution in [3.8, 4) is 16.3 Å². The summed E-state index contributed by atoms with van der Waals surface area (Å²) in [6.45, 7) is 4.22. The number of rotatable bonds is 7. The number of carboxylic acids is 1. The van der Waals surface area contributed by atoms with Crippen LogP contribution in [-0.4, -0.2) is 22.7 Å². The molecule has 1 N–H and O–H groups in total. The maximum absolute atomic E-state index is 12.8. The number of hydrogen-bond acceptors (Lipinski definition) is 4. The number of aliphatic carboxylic acids is 1. The first-order valence-corrected chi connectivity index (χ1v) is 10.0. The molecule has 8 heteroatoms. The Morgan fingerprint density at radius 3 is 2.53 bits per heavy atom. The summed E-state index contributed by atoms with van der Waals surface area (Å²) in [5.41, 5.74) is 1.43. The molecule has 0 aliphatic carbocycles. The molecule has 0 spiro atoms. The minimum atomic E-state index is -4.36. The minimum Gasteiger partial charge on any atom is -0.493 e. The molecule has 1 atom stereocenters. The van der Waals surface area contributed by atoms with E-state index in [2.05, 4.69) is 4.98 Å². The second kappa shape index (κ2) is 8.87. The third-order valence-electron chi connectivity index (χ3n) is 4.51. The van der Waals surface area contributed by atoms with Gasteiger partial charge < -0.3 is 9.84 Å². The van der Waals surface area contributed by atoms with Crippen LogP contribution in [-0.2, 0) is 17.4 Å². The van der Waals surface area contributed by atoms with E-state index in [1.54, 1.807) is 24.3 Å². The second-order valence-corrected chi connectivity index (χ2v) is 8.17. The number of aryl methyl sites for hydroxylation is 1. The fraction of sp³-hybridized carbons (Fsp3) is 0.273. The molecule has 0 fully saturated rings. The highest BCUT2D eigenvalue weighted by Crippen LogP contribution is 2.34. The van der Waals surface area contributed by atoms with Crippen molar-refractivity contribution in [2.24, 2.45) is 0 Å². The van der Waals surface area contributed by atoms with Gasteiger partial charge in [0.2, 0.25) is 0 Å². The summed E-state index contributed by atoms with van der Waals surface area (Å²) in [5, 5.41) is 9.56. The average Bonchev–Trinajstić information content (AvgIpc) is 3.07. The largest absolute Gasteiger partial charge is 0.493 e. The number of benzene rings is 2.